The van der Waals surface area contributed by atoms with Gasteiger partial charge in [0, 0.05) is 22.8 Å². The van der Waals surface area contributed by atoms with Crippen LogP contribution in [0.1, 0.15) is 16.0 Å². The first-order chi connectivity index (χ1) is 11.1. The van der Waals surface area contributed by atoms with Crippen LogP contribution < -0.4 is 5.43 Å². The quantitative estimate of drug-likeness (QED) is 0.472. The van der Waals surface area contributed by atoms with Crippen LogP contribution in [0.3, 0.4) is 0 Å². The minimum absolute atomic E-state index is 0.0645. The molecule has 0 saturated heterocycles. The van der Waals surface area contributed by atoms with Crippen molar-refractivity contribution in [3.63, 3.8) is 0 Å². The number of nitrogens with one attached hydrogen (secondary N) is 1. The van der Waals surface area contributed by atoms with Gasteiger partial charge in [0.2, 0.25) is 5.91 Å². The first kappa shape index (κ1) is 17.2. The molecule has 0 aliphatic carbocycles. The summed E-state index contributed by atoms with van der Waals surface area (Å²) in [6, 6.07) is 8.31. The fourth-order valence-corrected chi connectivity index (χ4v) is 3.25. The predicted octanol–water partition coefficient (Wildman–Crippen LogP) is 3.35. The topological polar surface area (TPSA) is 84.6 Å². The zero-order chi connectivity index (χ0) is 16.7. The van der Waals surface area contributed by atoms with Crippen LogP contribution in [0.15, 0.2) is 40.8 Å². The molecule has 0 aliphatic rings. The summed E-state index contributed by atoms with van der Waals surface area (Å²) in [5.74, 6) is 0.707. The summed E-state index contributed by atoms with van der Waals surface area (Å²) in [6.07, 6.45) is 1.64. The molecule has 0 unspecified atom stereocenters. The van der Waals surface area contributed by atoms with Crippen molar-refractivity contribution in [2.75, 3.05) is 5.75 Å². The molecule has 120 valence electrons. The first-order valence-corrected chi connectivity index (χ1v) is 8.77. The second kappa shape index (κ2) is 8.44. The minimum Gasteiger partial charge on any atom is -0.272 e. The van der Waals surface area contributed by atoms with Gasteiger partial charge in [-0.1, -0.05) is 12.1 Å². The van der Waals surface area contributed by atoms with E-state index in [1.54, 1.807) is 29.7 Å². The Balaban J connectivity index is 1.71. The van der Waals surface area contributed by atoms with Crippen molar-refractivity contribution in [2.45, 2.75) is 12.7 Å². The molecule has 0 radical (unpaired) electrons. The Morgan fingerprint density at radius 3 is 2.74 bits per heavy atom. The van der Waals surface area contributed by atoms with Crippen LogP contribution in [-0.2, 0) is 10.5 Å². The molecule has 6 nitrogen and oxygen atoms in total. The van der Waals surface area contributed by atoms with Crippen LogP contribution in [0.25, 0.3) is 0 Å². The zero-order valence-electron chi connectivity index (χ0n) is 12.4. The van der Waals surface area contributed by atoms with Gasteiger partial charge >= 0.3 is 0 Å². The smallest absolute Gasteiger partial charge is 0.269 e. The lowest BCUT2D eigenvalue weighted by atomic mass is 10.2. The van der Waals surface area contributed by atoms with Crippen LogP contribution in [0.5, 0.6) is 0 Å². The summed E-state index contributed by atoms with van der Waals surface area (Å²) >= 11 is 2.99. The number of nitro benzene ring substituents is 1. The average molecular weight is 349 g/mol. The SMILES string of the molecule is Cc1ccsc1/C=N\NC(=O)CSCc1ccc([N+](=O)[O-])cc1. The Labute approximate surface area is 141 Å². The molecule has 2 rings (SSSR count). The molecule has 0 fully saturated rings. The Kier molecular flexibility index (Phi) is 6.30. The number of aryl methyl sites for hydroxylation is 1. The van der Waals surface area contributed by atoms with E-state index in [1.165, 1.54) is 23.9 Å². The van der Waals surface area contributed by atoms with Crippen molar-refractivity contribution >= 4 is 40.9 Å². The summed E-state index contributed by atoms with van der Waals surface area (Å²) in [6.45, 7) is 1.99. The van der Waals surface area contributed by atoms with Crippen LogP contribution in [-0.4, -0.2) is 22.8 Å². The molecule has 1 heterocycles. The number of carbonyl (C=O) groups is 1. The number of hydrazone groups is 1. The van der Waals surface area contributed by atoms with Gasteiger partial charge in [-0.15, -0.1) is 23.1 Å². The second-order valence-corrected chi connectivity index (χ2v) is 6.61. The number of thiophene rings is 1. The number of thioether (sulfide) groups is 1. The van der Waals surface area contributed by atoms with E-state index in [-0.39, 0.29) is 17.3 Å². The van der Waals surface area contributed by atoms with Crippen molar-refractivity contribution in [3.8, 4) is 0 Å². The number of carbonyl (C=O) groups excluding carboxylic acids is 1. The zero-order valence-corrected chi connectivity index (χ0v) is 14.0. The number of rotatable bonds is 7. The Morgan fingerprint density at radius 2 is 2.13 bits per heavy atom. The summed E-state index contributed by atoms with van der Waals surface area (Å²) in [5.41, 5.74) is 4.61. The molecule has 1 N–H and O–H groups in total. The lowest BCUT2D eigenvalue weighted by Gasteiger charge is -2.01. The number of hydrogen-bond donors (Lipinski definition) is 1. The van der Waals surface area contributed by atoms with Crippen LogP contribution in [0.2, 0.25) is 0 Å². The van der Waals surface area contributed by atoms with E-state index in [0.29, 0.717) is 5.75 Å². The number of hydrogen-bond acceptors (Lipinski definition) is 6. The maximum atomic E-state index is 11.7. The highest BCUT2D eigenvalue weighted by atomic mass is 32.2. The van der Waals surface area contributed by atoms with Crippen LogP contribution in [0, 0.1) is 17.0 Å². The average Bonchev–Trinajstić information content (AvgIpc) is 2.93. The van der Waals surface area contributed by atoms with E-state index >= 15 is 0 Å². The van der Waals surface area contributed by atoms with Gasteiger partial charge in [-0.3, -0.25) is 14.9 Å². The molecular formula is C15H15N3O3S2. The fraction of sp³-hybridized carbons (Fsp3) is 0.200. The summed E-state index contributed by atoms with van der Waals surface area (Å²) in [7, 11) is 0. The number of nitrogens with zero attached hydrogens (tertiary/aromatic N) is 2. The summed E-state index contributed by atoms with van der Waals surface area (Å²) in [4.78, 5) is 22.8. The van der Waals surface area contributed by atoms with Gasteiger partial charge in [-0.25, -0.2) is 5.43 Å². The molecule has 1 aromatic heterocycles. The van der Waals surface area contributed by atoms with E-state index in [1.807, 2.05) is 18.4 Å². The third-order valence-corrected chi connectivity index (χ3v) is 4.88. The highest BCUT2D eigenvalue weighted by molar-refractivity contribution is 7.99. The normalized spacial score (nSPS) is 10.8. The third kappa shape index (κ3) is 5.50. The van der Waals surface area contributed by atoms with Gasteiger partial charge in [-0.05, 0) is 29.5 Å². The molecule has 1 aromatic carbocycles. The predicted molar refractivity (Wildman–Crippen MR) is 94.1 cm³/mol. The van der Waals surface area contributed by atoms with Gasteiger partial charge < -0.3 is 0 Å². The van der Waals surface area contributed by atoms with Crippen LogP contribution in [0.4, 0.5) is 5.69 Å². The monoisotopic (exact) mass is 349 g/mol. The summed E-state index contributed by atoms with van der Waals surface area (Å²) < 4.78 is 0. The number of nitro groups is 1. The highest BCUT2D eigenvalue weighted by Crippen LogP contribution is 2.16. The molecule has 0 spiro atoms. The van der Waals surface area contributed by atoms with Crippen molar-refractivity contribution in [1.29, 1.82) is 0 Å². The van der Waals surface area contributed by atoms with E-state index in [9.17, 15) is 14.9 Å². The number of amides is 1. The maximum absolute atomic E-state index is 11.7. The summed E-state index contributed by atoms with van der Waals surface area (Å²) in [5, 5.41) is 16.5. The molecule has 8 heteroatoms. The van der Waals surface area contributed by atoms with E-state index in [0.717, 1.165) is 16.0 Å². The van der Waals surface area contributed by atoms with E-state index < -0.39 is 4.92 Å². The van der Waals surface area contributed by atoms with Crippen molar-refractivity contribution in [1.82, 2.24) is 5.43 Å². The van der Waals surface area contributed by atoms with Gasteiger partial charge in [0.05, 0.1) is 16.9 Å². The minimum atomic E-state index is -0.433. The van der Waals surface area contributed by atoms with Crippen molar-refractivity contribution < 1.29 is 9.72 Å². The molecule has 0 atom stereocenters. The molecule has 1 amide bonds. The maximum Gasteiger partial charge on any atom is 0.269 e. The first-order valence-electron chi connectivity index (χ1n) is 6.73. The second-order valence-electron chi connectivity index (χ2n) is 4.68. The number of non-ortho nitro benzene ring substituents is 1. The molecule has 23 heavy (non-hydrogen) atoms. The molecule has 0 saturated carbocycles. The van der Waals surface area contributed by atoms with Gasteiger partial charge in [0.1, 0.15) is 0 Å². The van der Waals surface area contributed by atoms with Crippen molar-refractivity contribution in [2.24, 2.45) is 5.10 Å². The molecular weight excluding hydrogens is 334 g/mol. The molecule has 0 aliphatic heterocycles. The lowest BCUT2D eigenvalue weighted by molar-refractivity contribution is -0.384. The van der Waals surface area contributed by atoms with Gasteiger partial charge in [0.15, 0.2) is 0 Å². The molecule has 0 bridgehead atoms. The van der Waals surface area contributed by atoms with Gasteiger partial charge in [-0.2, -0.15) is 5.10 Å². The van der Waals surface area contributed by atoms with Crippen LogP contribution >= 0.6 is 23.1 Å². The lowest BCUT2D eigenvalue weighted by Crippen LogP contribution is -2.19. The largest absolute Gasteiger partial charge is 0.272 e. The highest BCUT2D eigenvalue weighted by Gasteiger charge is 2.05. The molecule has 2 aromatic rings. The Hall–Kier alpha value is -2.19. The van der Waals surface area contributed by atoms with Gasteiger partial charge in [0.25, 0.3) is 5.69 Å². The van der Waals surface area contributed by atoms with E-state index in [4.69, 9.17) is 0 Å². The standard InChI is InChI=1S/C15H15N3O3S2/c1-11-6-7-23-14(11)8-16-17-15(19)10-22-9-12-2-4-13(5-3-12)18(20)21/h2-8H,9-10H2,1H3,(H,17,19)/b16-8-. The van der Waals surface area contributed by atoms with E-state index in [2.05, 4.69) is 10.5 Å². The fourth-order valence-electron chi connectivity index (χ4n) is 1.69. The Bertz CT molecular complexity index is 711. The third-order valence-electron chi connectivity index (χ3n) is 2.92. The Morgan fingerprint density at radius 1 is 1.39 bits per heavy atom. The number of benzene rings is 1. The van der Waals surface area contributed by atoms with Crippen molar-refractivity contribution in [3.05, 3.63) is 61.8 Å².